The third kappa shape index (κ3) is 3.39. The summed E-state index contributed by atoms with van der Waals surface area (Å²) in [6.45, 7) is 5.49. The highest BCUT2D eigenvalue weighted by Gasteiger charge is 2.01. The van der Waals surface area contributed by atoms with Crippen molar-refractivity contribution in [1.29, 1.82) is 0 Å². The zero-order valence-corrected chi connectivity index (χ0v) is 9.39. The Bertz CT molecular complexity index is 208. The van der Waals surface area contributed by atoms with Gasteiger partial charge in [-0.15, -0.1) is 0 Å². The summed E-state index contributed by atoms with van der Waals surface area (Å²) in [6.07, 6.45) is 8.01. The monoisotopic (exact) mass is 232 g/mol. The van der Waals surface area contributed by atoms with Crippen LogP contribution in [-0.2, 0) is 6.54 Å². The molecule has 0 amide bonds. The number of hydrogen-bond acceptors (Lipinski definition) is 0. The molecule has 0 aliphatic rings. The van der Waals surface area contributed by atoms with Crippen LogP contribution in [0.3, 0.4) is 0 Å². The number of halogens is 1. The fourth-order valence-electron chi connectivity index (χ4n) is 1.22. The van der Waals surface area contributed by atoms with E-state index in [9.17, 15) is 0 Å². The van der Waals surface area contributed by atoms with E-state index in [0.29, 0.717) is 0 Å². The molecule has 0 atom stereocenters. The molecule has 3 heteroatoms. The third-order valence-corrected chi connectivity index (χ3v) is 1.98. The van der Waals surface area contributed by atoms with E-state index in [4.69, 9.17) is 0 Å². The van der Waals surface area contributed by atoms with E-state index in [-0.39, 0.29) is 17.0 Å². The molecule has 0 bridgehead atoms. The van der Waals surface area contributed by atoms with Gasteiger partial charge in [-0.25, -0.2) is 9.55 Å². The summed E-state index contributed by atoms with van der Waals surface area (Å²) in [6, 6.07) is 0. The molecule has 1 rings (SSSR count). The summed E-state index contributed by atoms with van der Waals surface area (Å²) >= 11 is 0. The number of nitrogens with one attached hydrogen (secondary N) is 1. The van der Waals surface area contributed by atoms with E-state index in [1.807, 2.05) is 6.20 Å². The lowest BCUT2D eigenvalue weighted by molar-refractivity contribution is -0.701. The van der Waals surface area contributed by atoms with Crippen molar-refractivity contribution in [2.24, 2.45) is 0 Å². The van der Waals surface area contributed by atoms with Gasteiger partial charge in [0.2, 0.25) is 0 Å². The maximum Gasteiger partial charge on any atom is 0.251 e. The van der Waals surface area contributed by atoms with Crippen LogP contribution >= 0.6 is 0 Å². The highest BCUT2D eigenvalue weighted by atomic mass is 79.9. The van der Waals surface area contributed by atoms with Gasteiger partial charge in [0.1, 0.15) is 12.4 Å². The molecule has 2 nitrogen and oxygen atoms in total. The summed E-state index contributed by atoms with van der Waals surface area (Å²) in [4.78, 5) is 3.16. The Morgan fingerprint density at radius 3 is 2.67 bits per heavy atom. The molecule has 70 valence electrons. The quantitative estimate of drug-likeness (QED) is 0.498. The first kappa shape index (κ1) is 11.7. The molecule has 0 fully saturated rings. The molecule has 12 heavy (non-hydrogen) atoms. The Labute approximate surface area is 84.8 Å². The van der Waals surface area contributed by atoms with Crippen molar-refractivity contribution in [3.63, 3.8) is 0 Å². The highest BCUT2D eigenvalue weighted by Crippen LogP contribution is 1.93. The van der Waals surface area contributed by atoms with E-state index in [1.165, 1.54) is 25.1 Å². The van der Waals surface area contributed by atoms with E-state index < -0.39 is 0 Å². The number of imidazole rings is 1. The first-order valence-corrected chi connectivity index (χ1v) is 4.38. The first-order valence-electron chi connectivity index (χ1n) is 4.38. The zero-order valence-electron chi connectivity index (χ0n) is 7.81. The lowest BCUT2D eigenvalue weighted by Gasteiger charge is -1.95. The largest absolute Gasteiger partial charge is 1.00 e. The second kappa shape index (κ2) is 6.23. The average Bonchev–Trinajstić information content (AvgIpc) is 2.37. The van der Waals surface area contributed by atoms with Gasteiger partial charge in [-0.2, -0.15) is 0 Å². The van der Waals surface area contributed by atoms with E-state index in [1.54, 1.807) is 0 Å². The van der Waals surface area contributed by atoms with E-state index in [0.717, 1.165) is 6.54 Å². The molecular formula is C9H17BrN2. The summed E-state index contributed by atoms with van der Waals surface area (Å²) in [5, 5.41) is 0. The predicted molar refractivity (Wildman–Crippen MR) is 45.2 cm³/mol. The van der Waals surface area contributed by atoms with Crippen LogP contribution in [0.1, 0.15) is 32.0 Å². The molecule has 0 radical (unpaired) electrons. The van der Waals surface area contributed by atoms with Crippen molar-refractivity contribution in [1.82, 2.24) is 4.98 Å². The second-order valence-electron chi connectivity index (χ2n) is 2.95. The van der Waals surface area contributed by atoms with Crippen LogP contribution in [0, 0.1) is 6.92 Å². The van der Waals surface area contributed by atoms with Crippen LogP contribution in [0.15, 0.2) is 12.4 Å². The van der Waals surface area contributed by atoms with Crippen molar-refractivity contribution in [3.8, 4) is 0 Å². The SMILES string of the molecule is CCCCC[n+]1cc[nH]c1C.[Br-]. The molecular weight excluding hydrogens is 216 g/mol. The Kier molecular flexibility index (Phi) is 6.07. The van der Waals surface area contributed by atoms with Gasteiger partial charge in [0.05, 0.1) is 6.54 Å². The lowest BCUT2D eigenvalue weighted by Crippen LogP contribution is -3.00. The maximum atomic E-state index is 3.16. The van der Waals surface area contributed by atoms with Gasteiger partial charge in [-0.3, -0.25) is 0 Å². The maximum absolute atomic E-state index is 3.16. The van der Waals surface area contributed by atoms with Crippen molar-refractivity contribution in [2.45, 2.75) is 39.7 Å². The molecule has 1 N–H and O–H groups in total. The van der Waals surface area contributed by atoms with Gasteiger partial charge in [0, 0.05) is 6.92 Å². The van der Waals surface area contributed by atoms with Gasteiger partial charge in [0.25, 0.3) is 5.82 Å². The third-order valence-electron chi connectivity index (χ3n) is 1.98. The van der Waals surface area contributed by atoms with Gasteiger partial charge in [0.15, 0.2) is 0 Å². The van der Waals surface area contributed by atoms with Gasteiger partial charge in [-0.05, 0) is 12.8 Å². The van der Waals surface area contributed by atoms with Crippen molar-refractivity contribution in [2.75, 3.05) is 0 Å². The van der Waals surface area contributed by atoms with E-state index in [2.05, 4.69) is 29.6 Å². The van der Waals surface area contributed by atoms with Gasteiger partial charge >= 0.3 is 0 Å². The Morgan fingerprint density at radius 1 is 1.42 bits per heavy atom. The molecule has 0 spiro atoms. The number of aryl methyl sites for hydroxylation is 2. The highest BCUT2D eigenvalue weighted by molar-refractivity contribution is 4.70. The van der Waals surface area contributed by atoms with Gasteiger partial charge < -0.3 is 17.0 Å². The molecule has 0 aromatic carbocycles. The normalized spacial score (nSPS) is 9.50. The molecule has 0 saturated heterocycles. The minimum absolute atomic E-state index is 0. The molecule has 0 aliphatic heterocycles. The number of hydrogen-bond donors (Lipinski definition) is 1. The van der Waals surface area contributed by atoms with Crippen LogP contribution in [0.4, 0.5) is 0 Å². The minimum atomic E-state index is 0. The predicted octanol–water partition coefficient (Wildman–Crippen LogP) is -1.20. The van der Waals surface area contributed by atoms with Crippen LogP contribution in [-0.4, -0.2) is 4.98 Å². The number of aromatic amines is 1. The topological polar surface area (TPSA) is 19.7 Å². The van der Waals surface area contributed by atoms with Crippen LogP contribution in [0.2, 0.25) is 0 Å². The zero-order chi connectivity index (χ0) is 8.10. The van der Waals surface area contributed by atoms with Crippen molar-refractivity contribution < 1.29 is 21.5 Å². The minimum Gasteiger partial charge on any atom is -1.00 e. The Morgan fingerprint density at radius 2 is 2.17 bits per heavy atom. The summed E-state index contributed by atoms with van der Waals surface area (Å²) in [5.74, 6) is 1.25. The van der Waals surface area contributed by atoms with Crippen molar-refractivity contribution >= 4 is 0 Å². The average molecular weight is 233 g/mol. The Balaban J connectivity index is 0.00000121. The smallest absolute Gasteiger partial charge is 0.251 e. The standard InChI is InChI=1S/C9H16N2.BrH/c1-3-4-5-7-11-8-6-10-9(11)2;/h6,8H,3-5,7H2,1-2H3;1H. The molecule has 0 aliphatic carbocycles. The molecule has 0 unspecified atom stereocenters. The van der Waals surface area contributed by atoms with Crippen LogP contribution in [0.5, 0.6) is 0 Å². The molecule has 1 heterocycles. The number of rotatable bonds is 4. The molecule has 0 saturated carbocycles. The number of aromatic nitrogens is 2. The summed E-state index contributed by atoms with van der Waals surface area (Å²) < 4.78 is 2.26. The summed E-state index contributed by atoms with van der Waals surface area (Å²) in [7, 11) is 0. The van der Waals surface area contributed by atoms with E-state index >= 15 is 0 Å². The Hall–Kier alpha value is -0.310. The van der Waals surface area contributed by atoms with Crippen LogP contribution < -0.4 is 21.5 Å². The van der Waals surface area contributed by atoms with Crippen molar-refractivity contribution in [3.05, 3.63) is 18.2 Å². The summed E-state index contributed by atoms with van der Waals surface area (Å²) in [5.41, 5.74) is 0. The lowest BCUT2D eigenvalue weighted by atomic mass is 10.2. The van der Waals surface area contributed by atoms with Crippen LogP contribution in [0.25, 0.3) is 0 Å². The second-order valence-corrected chi connectivity index (χ2v) is 2.95. The fourth-order valence-corrected chi connectivity index (χ4v) is 1.22. The van der Waals surface area contributed by atoms with Gasteiger partial charge in [-0.1, -0.05) is 13.3 Å². The molecule has 1 aromatic rings. The number of unbranched alkanes of at least 4 members (excludes halogenated alkanes) is 2. The number of nitrogens with zero attached hydrogens (tertiary/aromatic N) is 1. The first-order chi connectivity index (χ1) is 5.34. The fraction of sp³-hybridized carbons (Fsp3) is 0.667. The molecule has 1 aromatic heterocycles. The number of H-pyrrole nitrogens is 1.